The number of hydrogen-bond acceptors (Lipinski definition) is 4. The number of likely N-dealkylation sites (N-methyl/N-ethyl adjacent to an activating group) is 1. The van der Waals surface area contributed by atoms with Gasteiger partial charge in [-0.1, -0.05) is 30.3 Å². The number of anilines is 2. The molecule has 6 heteroatoms. The van der Waals surface area contributed by atoms with E-state index in [-0.39, 0.29) is 13.2 Å². The molecule has 1 saturated heterocycles. The second kappa shape index (κ2) is 9.83. The van der Waals surface area contributed by atoms with E-state index < -0.39 is 0 Å². The molecule has 1 aliphatic heterocycles. The van der Waals surface area contributed by atoms with Gasteiger partial charge in [0.15, 0.2) is 0 Å². The third kappa shape index (κ3) is 4.92. The predicted octanol–water partition coefficient (Wildman–Crippen LogP) is 4.73. The maximum atomic E-state index is 14.8. The average Bonchev–Trinajstić information content (AvgIpc) is 3.32. The molecule has 1 atom stereocenters. The molecule has 32 heavy (non-hydrogen) atoms. The van der Waals surface area contributed by atoms with Gasteiger partial charge in [-0.15, -0.1) is 0 Å². The Bertz CT molecular complexity index is 1060. The van der Waals surface area contributed by atoms with Gasteiger partial charge in [0, 0.05) is 38.9 Å². The molecule has 1 amide bonds. The first-order chi connectivity index (χ1) is 15.5. The number of rotatable bonds is 7. The lowest BCUT2D eigenvalue weighted by Crippen LogP contribution is -2.30. The summed E-state index contributed by atoms with van der Waals surface area (Å²) in [7, 11) is 3.59. The molecule has 0 aromatic heterocycles. The van der Waals surface area contributed by atoms with Gasteiger partial charge in [-0.05, 0) is 61.5 Å². The monoisotopic (exact) mass is 435 g/mol. The van der Waals surface area contributed by atoms with E-state index in [0.717, 1.165) is 30.8 Å². The number of nitrogens with zero attached hydrogens (tertiary/aromatic N) is 2. The van der Waals surface area contributed by atoms with E-state index in [9.17, 15) is 9.18 Å². The van der Waals surface area contributed by atoms with Gasteiger partial charge in [-0.3, -0.25) is 4.79 Å². The third-order valence-corrected chi connectivity index (χ3v) is 5.91. The van der Waals surface area contributed by atoms with Crippen molar-refractivity contribution in [3.05, 3.63) is 89.7 Å². The van der Waals surface area contributed by atoms with Crippen LogP contribution in [0.5, 0.6) is 5.75 Å². The van der Waals surface area contributed by atoms with Crippen molar-refractivity contribution in [3.8, 4) is 5.75 Å². The van der Waals surface area contributed by atoms with E-state index in [0.29, 0.717) is 29.6 Å². The molecule has 1 fully saturated rings. The Labute approximate surface area is 189 Å². The van der Waals surface area contributed by atoms with Crippen molar-refractivity contribution in [1.29, 1.82) is 0 Å². The summed E-state index contributed by atoms with van der Waals surface area (Å²) in [5.41, 5.74) is 2.61. The van der Waals surface area contributed by atoms with Crippen molar-refractivity contribution < 1.29 is 15.3 Å². The van der Waals surface area contributed by atoms with Crippen LogP contribution in [0.15, 0.2) is 72.8 Å². The van der Waals surface area contributed by atoms with Gasteiger partial charge in [0.2, 0.25) is 0 Å². The van der Waals surface area contributed by atoms with Gasteiger partial charge in [0.05, 0.1) is 5.69 Å². The minimum absolute atomic E-state index is 0. The Hall–Kier alpha value is -3.38. The Morgan fingerprint density at radius 2 is 1.91 bits per heavy atom. The van der Waals surface area contributed by atoms with Gasteiger partial charge < -0.3 is 19.9 Å². The molecule has 0 aliphatic carbocycles. The molecular weight excluding hydrogens is 405 g/mol. The maximum absolute atomic E-state index is 14.8. The third-order valence-electron chi connectivity index (χ3n) is 5.91. The molecule has 0 saturated carbocycles. The summed E-state index contributed by atoms with van der Waals surface area (Å²) in [5.74, 6) is 0.296. The van der Waals surface area contributed by atoms with Gasteiger partial charge in [-0.2, -0.15) is 0 Å². The number of benzene rings is 3. The van der Waals surface area contributed by atoms with Crippen molar-refractivity contribution >= 4 is 17.3 Å². The summed E-state index contributed by atoms with van der Waals surface area (Å²) >= 11 is 0. The average molecular weight is 436 g/mol. The number of amides is 1. The molecule has 4 rings (SSSR count). The minimum Gasteiger partial charge on any atom is -0.489 e. The largest absolute Gasteiger partial charge is 0.489 e. The van der Waals surface area contributed by atoms with Crippen LogP contribution in [-0.4, -0.2) is 39.1 Å². The number of nitrogens with one attached hydrogen (secondary N) is 1. The molecule has 1 aliphatic rings. The zero-order chi connectivity index (χ0) is 22.5. The van der Waals surface area contributed by atoms with Crippen LogP contribution in [0.1, 0.15) is 23.8 Å². The van der Waals surface area contributed by atoms with Crippen LogP contribution in [0.3, 0.4) is 0 Å². The van der Waals surface area contributed by atoms with Crippen LogP contribution in [0.2, 0.25) is 0 Å². The highest BCUT2D eigenvalue weighted by molar-refractivity contribution is 6.05. The van der Waals surface area contributed by atoms with Gasteiger partial charge in [0.25, 0.3) is 5.91 Å². The van der Waals surface area contributed by atoms with Gasteiger partial charge in [-0.25, -0.2) is 4.39 Å². The number of halogens is 1. The highest BCUT2D eigenvalue weighted by Gasteiger charge is 2.24. The topological polar surface area (TPSA) is 44.8 Å². The second-order valence-corrected chi connectivity index (χ2v) is 8.02. The highest BCUT2D eigenvalue weighted by Crippen LogP contribution is 2.28. The summed E-state index contributed by atoms with van der Waals surface area (Å²) in [6.07, 6.45) is 0.989. The first kappa shape index (κ1) is 21.8. The standard InChI is InChI=1S/C26H28FN3O2.H2/c1-28-21-14-15-30(17-21)25-13-12-22(16-24(25)27)29(2)26(31)20-10-8-19(9-11-20)18-32-23-6-4-3-5-7-23;/h3-13,16,21,28H,14-15,17-18H2,1-2H3;1H. The zero-order valence-corrected chi connectivity index (χ0v) is 18.4. The fourth-order valence-electron chi connectivity index (χ4n) is 3.91. The Kier molecular flexibility index (Phi) is 6.71. The van der Waals surface area contributed by atoms with E-state index in [1.54, 1.807) is 31.3 Å². The summed E-state index contributed by atoms with van der Waals surface area (Å²) in [5, 5.41) is 3.24. The predicted molar refractivity (Wildman–Crippen MR) is 128 cm³/mol. The molecule has 5 nitrogen and oxygen atoms in total. The van der Waals surface area contributed by atoms with E-state index in [4.69, 9.17) is 4.74 Å². The number of carbonyl (C=O) groups is 1. The minimum atomic E-state index is -0.313. The molecule has 0 radical (unpaired) electrons. The molecule has 1 heterocycles. The first-order valence-corrected chi connectivity index (χ1v) is 10.8. The van der Waals surface area contributed by atoms with E-state index in [2.05, 4.69) is 5.32 Å². The van der Waals surface area contributed by atoms with E-state index >= 15 is 0 Å². The normalized spacial score (nSPS) is 15.6. The van der Waals surface area contributed by atoms with Crippen LogP contribution in [0.4, 0.5) is 15.8 Å². The summed E-state index contributed by atoms with van der Waals surface area (Å²) in [6.45, 7) is 2.02. The SMILES string of the molecule is CNC1CCN(c2ccc(N(C)C(=O)c3ccc(COc4ccccc4)cc3)cc2F)C1.[HH]. The number of ether oxygens (including phenoxy) is 1. The first-order valence-electron chi connectivity index (χ1n) is 10.8. The maximum Gasteiger partial charge on any atom is 0.258 e. The van der Waals surface area contributed by atoms with Crippen molar-refractivity contribution in [2.45, 2.75) is 19.1 Å². The fraction of sp³-hybridized carbons (Fsp3) is 0.269. The van der Waals surface area contributed by atoms with E-state index in [1.165, 1.54) is 11.0 Å². The summed E-state index contributed by atoms with van der Waals surface area (Å²) < 4.78 is 20.6. The van der Waals surface area contributed by atoms with Crippen molar-refractivity contribution in [1.82, 2.24) is 5.32 Å². The molecule has 168 valence electrons. The Balaban J connectivity index is 0.00000306. The highest BCUT2D eigenvalue weighted by atomic mass is 19.1. The molecule has 1 unspecified atom stereocenters. The summed E-state index contributed by atoms with van der Waals surface area (Å²) in [6, 6.07) is 22.3. The van der Waals surface area contributed by atoms with Gasteiger partial charge >= 0.3 is 0 Å². The van der Waals surface area contributed by atoms with Crippen LogP contribution in [0, 0.1) is 5.82 Å². The van der Waals surface area contributed by atoms with Crippen molar-refractivity contribution in [2.24, 2.45) is 0 Å². The van der Waals surface area contributed by atoms with Crippen LogP contribution < -0.4 is 19.9 Å². The molecule has 3 aromatic carbocycles. The Morgan fingerprint density at radius 3 is 2.56 bits per heavy atom. The molecule has 3 aromatic rings. The van der Waals surface area contributed by atoms with Crippen molar-refractivity contribution in [2.75, 3.05) is 37.0 Å². The quantitative estimate of drug-likeness (QED) is 0.583. The molecule has 0 spiro atoms. The van der Waals surface area contributed by atoms with Gasteiger partial charge in [0.1, 0.15) is 18.2 Å². The molecule has 0 bridgehead atoms. The van der Waals surface area contributed by atoms with E-state index in [1.807, 2.05) is 54.4 Å². The smallest absolute Gasteiger partial charge is 0.258 e. The zero-order valence-electron chi connectivity index (χ0n) is 18.4. The van der Waals surface area contributed by atoms with Crippen LogP contribution in [-0.2, 0) is 6.61 Å². The van der Waals surface area contributed by atoms with Crippen LogP contribution >= 0.6 is 0 Å². The van der Waals surface area contributed by atoms with Crippen molar-refractivity contribution in [3.63, 3.8) is 0 Å². The lowest BCUT2D eigenvalue weighted by atomic mass is 10.1. The summed E-state index contributed by atoms with van der Waals surface area (Å²) in [4.78, 5) is 16.4. The lowest BCUT2D eigenvalue weighted by molar-refractivity contribution is 0.0993. The number of carbonyl (C=O) groups excluding carboxylic acids is 1. The van der Waals surface area contributed by atoms with Crippen LogP contribution in [0.25, 0.3) is 0 Å². The molecule has 1 N–H and O–H groups in total. The lowest BCUT2D eigenvalue weighted by Gasteiger charge is -2.22. The Morgan fingerprint density at radius 1 is 1.16 bits per heavy atom. The fourth-order valence-corrected chi connectivity index (χ4v) is 3.91. The second-order valence-electron chi connectivity index (χ2n) is 8.02. The molecular formula is C26H30FN3O2. The number of para-hydroxylation sites is 1. The number of hydrogen-bond donors (Lipinski definition) is 1.